The fourth-order valence-corrected chi connectivity index (χ4v) is 6.25. The Morgan fingerprint density at radius 1 is 1.11 bits per heavy atom. The largest absolute Gasteiger partial charge is 0.443 e. The van der Waals surface area contributed by atoms with Crippen molar-refractivity contribution in [2.75, 3.05) is 0 Å². The van der Waals surface area contributed by atoms with Gasteiger partial charge in [0.1, 0.15) is 34.9 Å². The Hall–Kier alpha value is -3.59. The van der Waals surface area contributed by atoms with E-state index in [1.54, 1.807) is 25.4 Å². The molecule has 0 amide bonds. The molecule has 1 unspecified atom stereocenters. The van der Waals surface area contributed by atoms with Gasteiger partial charge in [0, 0.05) is 6.20 Å². The molecule has 1 N–H and O–H groups in total. The summed E-state index contributed by atoms with van der Waals surface area (Å²) in [6.45, 7) is 7.90. The topological polar surface area (TPSA) is 97.8 Å². The first-order valence-electron chi connectivity index (χ1n) is 12.4. The second kappa shape index (κ2) is 7.95. The first-order valence-corrected chi connectivity index (χ1v) is 12.4. The van der Waals surface area contributed by atoms with Crippen molar-refractivity contribution in [1.82, 2.24) is 25.1 Å². The molecule has 9 heteroatoms. The molecule has 6 rings (SSSR count). The van der Waals surface area contributed by atoms with Gasteiger partial charge < -0.3 is 9.52 Å². The molecule has 0 spiro atoms. The van der Waals surface area contributed by atoms with Crippen LogP contribution >= 0.6 is 0 Å². The summed E-state index contributed by atoms with van der Waals surface area (Å²) in [6.07, 6.45) is 6.92. The number of aliphatic hydroxyl groups is 1. The van der Waals surface area contributed by atoms with Gasteiger partial charge in [-0.15, -0.1) is 5.10 Å². The average molecular weight is 504 g/mol. The minimum atomic E-state index is -1.11. The number of aromatic nitrogens is 5. The predicted octanol–water partition coefficient (Wildman–Crippen LogP) is 5.69. The van der Waals surface area contributed by atoms with E-state index in [0.717, 1.165) is 29.8 Å². The summed E-state index contributed by atoms with van der Waals surface area (Å²) in [7, 11) is 0. The third-order valence-corrected chi connectivity index (χ3v) is 8.64. The third kappa shape index (κ3) is 3.22. The van der Waals surface area contributed by atoms with Gasteiger partial charge in [-0.25, -0.2) is 18.7 Å². The highest BCUT2D eigenvalue weighted by Crippen LogP contribution is 2.69. The summed E-state index contributed by atoms with van der Waals surface area (Å²) in [5, 5.41) is 19.4. The van der Waals surface area contributed by atoms with Crippen LogP contribution in [0.4, 0.5) is 8.78 Å². The number of nitrogens with zero attached hydrogens (tertiary/aromatic N) is 5. The molecule has 0 radical (unpaired) electrons. The lowest BCUT2D eigenvalue weighted by molar-refractivity contribution is 0.0485. The molecule has 3 atom stereocenters. The Kier molecular flexibility index (Phi) is 5.11. The van der Waals surface area contributed by atoms with E-state index in [-0.39, 0.29) is 28.5 Å². The molecule has 2 aliphatic carbocycles. The van der Waals surface area contributed by atoms with Crippen LogP contribution < -0.4 is 0 Å². The van der Waals surface area contributed by atoms with Crippen LogP contribution in [0.15, 0.2) is 47.3 Å². The quantitative estimate of drug-likeness (QED) is 0.374. The molecular weight excluding hydrogens is 476 g/mol. The van der Waals surface area contributed by atoms with E-state index >= 15 is 0 Å². The molecule has 3 heterocycles. The second-order valence-electron chi connectivity index (χ2n) is 10.8. The van der Waals surface area contributed by atoms with Gasteiger partial charge >= 0.3 is 0 Å². The predicted molar refractivity (Wildman–Crippen MR) is 131 cm³/mol. The summed E-state index contributed by atoms with van der Waals surface area (Å²) in [6, 6.07) is 5.56. The van der Waals surface area contributed by atoms with Crippen molar-refractivity contribution in [1.29, 1.82) is 0 Å². The Balaban J connectivity index is 1.47. The number of fused-ring (bicyclic) bond motifs is 5. The Morgan fingerprint density at radius 3 is 2.59 bits per heavy atom. The molecule has 1 fully saturated rings. The minimum absolute atomic E-state index is 0.116. The summed E-state index contributed by atoms with van der Waals surface area (Å²) >= 11 is 0. The fraction of sp³-hybridized carbons (Fsp3) is 0.393. The van der Waals surface area contributed by atoms with E-state index in [4.69, 9.17) is 9.40 Å². The van der Waals surface area contributed by atoms with Crippen molar-refractivity contribution in [3.8, 4) is 22.8 Å². The monoisotopic (exact) mass is 503 g/mol. The summed E-state index contributed by atoms with van der Waals surface area (Å²) in [4.78, 5) is 13.9. The molecule has 7 nitrogen and oxygen atoms in total. The lowest BCUT2D eigenvalue weighted by atomic mass is 9.66. The van der Waals surface area contributed by atoms with Crippen LogP contribution in [-0.2, 0) is 11.0 Å². The van der Waals surface area contributed by atoms with Gasteiger partial charge in [0.25, 0.3) is 0 Å². The van der Waals surface area contributed by atoms with E-state index in [9.17, 15) is 13.9 Å². The van der Waals surface area contributed by atoms with Crippen LogP contribution in [0.1, 0.15) is 75.5 Å². The maximum atomic E-state index is 14.5. The minimum Gasteiger partial charge on any atom is -0.443 e. The van der Waals surface area contributed by atoms with Crippen LogP contribution in [0.2, 0.25) is 0 Å². The SMILES string of the molecule is CCC(C)(O)c1coc(-c2cncc([C@@]34CC[C@@H](c5cc(-c6c(F)cccc6F)nnc53)C4(C)C)n2)n1. The molecule has 0 saturated heterocycles. The molecular formula is C28H27F2N5O2. The van der Waals surface area contributed by atoms with Crippen LogP contribution in [0.25, 0.3) is 22.8 Å². The Morgan fingerprint density at radius 2 is 1.86 bits per heavy atom. The highest BCUT2D eigenvalue weighted by Gasteiger charge is 2.65. The maximum absolute atomic E-state index is 14.5. The standard InChI is InChI=1S/C28H27F2N5O2/c1-5-27(4,36)22-14-37-25(33-22)20-12-31-13-21(32-20)28-10-9-16(26(28,2)3)15-11-19(34-35-24(15)28)23-17(29)7-6-8-18(23)30/h6-8,11-14,16,36H,5,9-10H2,1-4H3/t16-,27?,28-/m0/s1. The number of hydrogen-bond acceptors (Lipinski definition) is 7. The van der Waals surface area contributed by atoms with Crippen LogP contribution in [0.5, 0.6) is 0 Å². The van der Waals surface area contributed by atoms with Crippen LogP contribution in [0.3, 0.4) is 0 Å². The molecule has 190 valence electrons. The summed E-state index contributed by atoms with van der Waals surface area (Å²) in [5.41, 5.74) is 1.34. The molecule has 4 aromatic rings. The highest BCUT2D eigenvalue weighted by atomic mass is 19.1. The third-order valence-electron chi connectivity index (χ3n) is 8.64. The summed E-state index contributed by atoms with van der Waals surface area (Å²) in [5.74, 6) is -0.948. The lowest BCUT2D eigenvalue weighted by Crippen LogP contribution is -2.38. The van der Waals surface area contributed by atoms with Gasteiger partial charge in [0.15, 0.2) is 0 Å². The van der Waals surface area contributed by atoms with Gasteiger partial charge in [-0.05, 0) is 61.3 Å². The van der Waals surface area contributed by atoms with Crippen LogP contribution in [0, 0.1) is 17.0 Å². The number of oxazole rings is 1. The average Bonchev–Trinajstić information content (AvgIpc) is 3.53. The van der Waals surface area contributed by atoms with E-state index in [1.165, 1.54) is 24.5 Å². The smallest absolute Gasteiger partial charge is 0.247 e. The van der Waals surface area contributed by atoms with E-state index in [2.05, 4.69) is 34.0 Å². The number of halogens is 2. The highest BCUT2D eigenvalue weighted by molar-refractivity contribution is 5.64. The van der Waals surface area contributed by atoms with Crippen LogP contribution in [-0.4, -0.2) is 30.3 Å². The van der Waals surface area contributed by atoms with E-state index in [0.29, 0.717) is 17.8 Å². The number of rotatable bonds is 5. The van der Waals surface area contributed by atoms with Crippen molar-refractivity contribution < 1.29 is 18.3 Å². The fourth-order valence-electron chi connectivity index (χ4n) is 6.25. The Labute approximate surface area is 213 Å². The molecule has 0 aliphatic heterocycles. The molecule has 37 heavy (non-hydrogen) atoms. The lowest BCUT2D eigenvalue weighted by Gasteiger charge is -2.37. The van der Waals surface area contributed by atoms with Crippen molar-refractivity contribution in [2.24, 2.45) is 5.41 Å². The van der Waals surface area contributed by atoms with Crippen molar-refractivity contribution in [3.63, 3.8) is 0 Å². The molecule has 2 aliphatic rings. The van der Waals surface area contributed by atoms with Crippen molar-refractivity contribution in [2.45, 2.75) is 63.9 Å². The second-order valence-corrected chi connectivity index (χ2v) is 10.8. The zero-order chi connectivity index (χ0) is 26.2. The zero-order valence-electron chi connectivity index (χ0n) is 21.1. The molecule has 3 aromatic heterocycles. The number of benzene rings is 1. The Bertz CT molecular complexity index is 1510. The first kappa shape index (κ1) is 23.8. The summed E-state index contributed by atoms with van der Waals surface area (Å²) < 4.78 is 34.7. The van der Waals surface area contributed by atoms with Gasteiger partial charge in [-0.1, -0.05) is 26.8 Å². The van der Waals surface area contributed by atoms with Gasteiger partial charge in [0.2, 0.25) is 5.89 Å². The van der Waals surface area contributed by atoms with E-state index in [1.807, 2.05) is 6.92 Å². The van der Waals surface area contributed by atoms with Crippen molar-refractivity contribution >= 4 is 0 Å². The van der Waals surface area contributed by atoms with Crippen molar-refractivity contribution in [3.05, 3.63) is 77.2 Å². The van der Waals surface area contributed by atoms with Gasteiger partial charge in [-0.2, -0.15) is 5.10 Å². The number of hydrogen-bond donors (Lipinski definition) is 1. The molecule has 1 aromatic carbocycles. The zero-order valence-corrected chi connectivity index (χ0v) is 21.1. The molecule has 1 saturated carbocycles. The first-order chi connectivity index (χ1) is 17.6. The van der Waals surface area contributed by atoms with Gasteiger partial charge in [0.05, 0.1) is 34.3 Å². The maximum Gasteiger partial charge on any atom is 0.247 e. The normalized spacial score (nSPS) is 23.2. The van der Waals surface area contributed by atoms with Gasteiger partial charge in [-0.3, -0.25) is 4.98 Å². The van der Waals surface area contributed by atoms with E-state index < -0.39 is 22.7 Å². The molecule has 2 bridgehead atoms.